The molecule has 0 radical (unpaired) electrons. The molecule has 20 heavy (non-hydrogen) atoms. The number of nitrogens with one attached hydrogen (secondary N) is 2. The number of anilines is 1. The highest BCUT2D eigenvalue weighted by Crippen LogP contribution is 2.20. The topological polar surface area (TPSA) is 62.0 Å². The van der Waals surface area contributed by atoms with Crippen LogP contribution in [0.2, 0.25) is 0 Å². The van der Waals surface area contributed by atoms with Gasteiger partial charge in [0.05, 0.1) is 0 Å². The minimum Gasteiger partial charge on any atom is -0.321 e. The van der Waals surface area contributed by atoms with Crippen LogP contribution in [0.15, 0.2) is 29.1 Å². The molecule has 2 aromatic rings. The Morgan fingerprint density at radius 3 is 2.75 bits per heavy atom. The van der Waals surface area contributed by atoms with E-state index in [4.69, 9.17) is 0 Å². The van der Waals surface area contributed by atoms with Crippen molar-refractivity contribution in [2.24, 2.45) is 0 Å². The van der Waals surface area contributed by atoms with Gasteiger partial charge < -0.3 is 10.3 Å². The SMILES string of the molecule is CCCCCC(=O)Nc1c(C)c2ccccc2[nH]c1=O. The highest BCUT2D eigenvalue weighted by atomic mass is 16.2. The fourth-order valence-corrected chi connectivity index (χ4v) is 2.30. The monoisotopic (exact) mass is 272 g/mol. The van der Waals surface area contributed by atoms with E-state index in [-0.39, 0.29) is 11.5 Å². The smallest absolute Gasteiger partial charge is 0.272 e. The van der Waals surface area contributed by atoms with Gasteiger partial charge in [-0.15, -0.1) is 0 Å². The first-order chi connectivity index (χ1) is 9.63. The maximum Gasteiger partial charge on any atom is 0.272 e. The van der Waals surface area contributed by atoms with E-state index in [0.717, 1.165) is 35.7 Å². The number of amides is 1. The van der Waals surface area contributed by atoms with Crippen LogP contribution >= 0.6 is 0 Å². The van der Waals surface area contributed by atoms with Crippen LogP contribution in [-0.4, -0.2) is 10.9 Å². The molecule has 0 spiro atoms. The number of para-hydroxylation sites is 1. The molecule has 0 aliphatic carbocycles. The van der Waals surface area contributed by atoms with Crippen molar-refractivity contribution in [1.29, 1.82) is 0 Å². The Hall–Kier alpha value is -2.10. The van der Waals surface area contributed by atoms with Crippen LogP contribution in [0.1, 0.15) is 38.2 Å². The number of benzene rings is 1. The van der Waals surface area contributed by atoms with Crippen LogP contribution in [-0.2, 0) is 4.79 Å². The second kappa shape index (κ2) is 6.37. The first-order valence-corrected chi connectivity index (χ1v) is 7.05. The number of aromatic nitrogens is 1. The standard InChI is InChI=1S/C16H20N2O2/c1-3-4-5-10-14(19)18-15-11(2)12-8-6-7-9-13(12)17-16(15)20/h6-9H,3-5,10H2,1-2H3,(H,17,20)(H,18,19). The van der Waals surface area contributed by atoms with E-state index in [1.54, 1.807) is 0 Å². The summed E-state index contributed by atoms with van der Waals surface area (Å²) in [5.74, 6) is -0.0951. The van der Waals surface area contributed by atoms with Crippen LogP contribution in [0.3, 0.4) is 0 Å². The number of carbonyl (C=O) groups is 1. The van der Waals surface area contributed by atoms with Gasteiger partial charge in [0, 0.05) is 17.3 Å². The second-order valence-electron chi connectivity index (χ2n) is 5.00. The van der Waals surface area contributed by atoms with Gasteiger partial charge in [-0.25, -0.2) is 0 Å². The summed E-state index contributed by atoms with van der Waals surface area (Å²) in [4.78, 5) is 26.7. The lowest BCUT2D eigenvalue weighted by atomic mass is 10.1. The third-order valence-corrected chi connectivity index (χ3v) is 3.45. The Labute approximate surface area is 118 Å². The number of carbonyl (C=O) groups excluding carboxylic acids is 1. The molecule has 4 heteroatoms. The highest BCUT2D eigenvalue weighted by Gasteiger charge is 2.11. The van der Waals surface area contributed by atoms with E-state index >= 15 is 0 Å². The summed E-state index contributed by atoms with van der Waals surface area (Å²) < 4.78 is 0. The Balaban J connectivity index is 2.26. The zero-order chi connectivity index (χ0) is 14.5. The van der Waals surface area contributed by atoms with E-state index in [9.17, 15) is 9.59 Å². The van der Waals surface area contributed by atoms with Crippen LogP contribution in [0.25, 0.3) is 10.9 Å². The summed E-state index contributed by atoms with van der Waals surface area (Å²) in [5.41, 5.74) is 1.72. The quantitative estimate of drug-likeness (QED) is 0.820. The molecule has 2 N–H and O–H groups in total. The third-order valence-electron chi connectivity index (χ3n) is 3.45. The number of aromatic amines is 1. The van der Waals surface area contributed by atoms with Gasteiger partial charge in [-0.3, -0.25) is 9.59 Å². The molecule has 2 rings (SSSR count). The van der Waals surface area contributed by atoms with E-state index in [2.05, 4.69) is 17.2 Å². The number of hydrogen-bond acceptors (Lipinski definition) is 2. The molecule has 4 nitrogen and oxygen atoms in total. The maximum absolute atomic E-state index is 12.0. The largest absolute Gasteiger partial charge is 0.321 e. The molecule has 0 atom stereocenters. The summed E-state index contributed by atoms with van der Waals surface area (Å²) in [6.07, 6.45) is 3.41. The molecule has 1 amide bonds. The molecule has 1 aromatic carbocycles. The molecule has 0 saturated carbocycles. The van der Waals surface area contributed by atoms with Crippen LogP contribution in [0.4, 0.5) is 5.69 Å². The van der Waals surface area contributed by atoms with Gasteiger partial charge in [-0.1, -0.05) is 38.0 Å². The summed E-state index contributed by atoms with van der Waals surface area (Å²) in [6, 6.07) is 7.59. The van der Waals surface area contributed by atoms with Crippen molar-refractivity contribution < 1.29 is 4.79 Å². The molecule has 106 valence electrons. The second-order valence-corrected chi connectivity index (χ2v) is 5.00. The van der Waals surface area contributed by atoms with Gasteiger partial charge in [-0.2, -0.15) is 0 Å². The lowest BCUT2D eigenvalue weighted by molar-refractivity contribution is -0.116. The summed E-state index contributed by atoms with van der Waals surface area (Å²) >= 11 is 0. The lowest BCUT2D eigenvalue weighted by Gasteiger charge is -2.10. The Bertz CT molecular complexity index is 674. The van der Waals surface area contributed by atoms with Gasteiger partial charge >= 0.3 is 0 Å². The zero-order valence-corrected chi connectivity index (χ0v) is 12.0. The summed E-state index contributed by atoms with van der Waals surface area (Å²) in [7, 11) is 0. The van der Waals surface area contributed by atoms with E-state index < -0.39 is 0 Å². The number of H-pyrrole nitrogens is 1. The molecule has 0 unspecified atom stereocenters. The predicted octanol–water partition coefficient (Wildman–Crippen LogP) is 3.36. The molecule has 0 bridgehead atoms. The number of pyridine rings is 1. The summed E-state index contributed by atoms with van der Waals surface area (Å²) in [5, 5.41) is 3.70. The van der Waals surface area contributed by atoms with Crippen LogP contribution < -0.4 is 10.9 Å². The molecule has 1 aromatic heterocycles. The zero-order valence-electron chi connectivity index (χ0n) is 12.0. The normalized spacial score (nSPS) is 10.7. The van der Waals surface area contributed by atoms with Gasteiger partial charge in [0.1, 0.15) is 5.69 Å². The van der Waals surface area contributed by atoms with Crippen LogP contribution in [0.5, 0.6) is 0 Å². The number of aryl methyl sites for hydroxylation is 1. The van der Waals surface area contributed by atoms with Gasteiger partial charge in [-0.05, 0) is 25.0 Å². The van der Waals surface area contributed by atoms with Crippen molar-refractivity contribution in [3.05, 3.63) is 40.2 Å². The molecular formula is C16H20N2O2. The van der Waals surface area contributed by atoms with Crippen molar-refractivity contribution >= 4 is 22.5 Å². The Kier molecular flexibility index (Phi) is 4.56. The predicted molar refractivity (Wildman–Crippen MR) is 82.1 cm³/mol. The minimum absolute atomic E-state index is 0.0951. The number of fused-ring (bicyclic) bond motifs is 1. The van der Waals surface area contributed by atoms with Crippen molar-refractivity contribution in [2.75, 3.05) is 5.32 Å². The Morgan fingerprint density at radius 1 is 1.25 bits per heavy atom. The molecule has 0 saturated heterocycles. The average Bonchev–Trinajstić information content (AvgIpc) is 2.44. The molecule has 0 aliphatic heterocycles. The average molecular weight is 272 g/mol. The number of unbranched alkanes of at least 4 members (excludes halogenated alkanes) is 2. The van der Waals surface area contributed by atoms with Gasteiger partial charge in [0.2, 0.25) is 5.91 Å². The molecule has 0 aliphatic rings. The van der Waals surface area contributed by atoms with Gasteiger partial charge in [0.25, 0.3) is 5.56 Å². The van der Waals surface area contributed by atoms with Crippen molar-refractivity contribution in [2.45, 2.75) is 39.5 Å². The van der Waals surface area contributed by atoms with Crippen LogP contribution in [0, 0.1) is 6.92 Å². The Morgan fingerprint density at radius 2 is 2.00 bits per heavy atom. The summed E-state index contributed by atoms with van der Waals surface area (Å²) in [6.45, 7) is 3.95. The first-order valence-electron chi connectivity index (χ1n) is 7.05. The third kappa shape index (κ3) is 3.07. The van der Waals surface area contributed by atoms with Crippen molar-refractivity contribution in [3.63, 3.8) is 0 Å². The molecular weight excluding hydrogens is 252 g/mol. The van der Waals surface area contributed by atoms with Gasteiger partial charge in [0.15, 0.2) is 0 Å². The number of rotatable bonds is 5. The van der Waals surface area contributed by atoms with Crippen molar-refractivity contribution in [3.8, 4) is 0 Å². The molecule has 1 heterocycles. The maximum atomic E-state index is 12.0. The minimum atomic E-state index is -0.245. The lowest BCUT2D eigenvalue weighted by Crippen LogP contribution is -2.21. The first kappa shape index (κ1) is 14.3. The fourth-order valence-electron chi connectivity index (χ4n) is 2.30. The number of hydrogen-bond donors (Lipinski definition) is 2. The van der Waals surface area contributed by atoms with E-state index in [1.165, 1.54) is 0 Å². The van der Waals surface area contributed by atoms with E-state index in [1.807, 2.05) is 31.2 Å². The van der Waals surface area contributed by atoms with E-state index in [0.29, 0.717) is 12.1 Å². The highest BCUT2D eigenvalue weighted by molar-refractivity contribution is 5.95. The molecule has 0 fully saturated rings. The fraction of sp³-hybridized carbons (Fsp3) is 0.375. The van der Waals surface area contributed by atoms with Crippen molar-refractivity contribution in [1.82, 2.24) is 4.98 Å².